The van der Waals surface area contributed by atoms with Crippen LogP contribution in [0.15, 0.2) is 52.4 Å². The fourth-order valence-corrected chi connectivity index (χ4v) is 2.90. The number of rotatable bonds is 5. The number of hydrogen-bond donors (Lipinski definition) is 1. The molecule has 2 aromatic rings. The molecule has 2 N–H and O–H groups in total. The van der Waals surface area contributed by atoms with Gasteiger partial charge in [-0.25, -0.2) is 9.38 Å². The molecule has 0 aromatic heterocycles. The van der Waals surface area contributed by atoms with Crippen molar-refractivity contribution in [1.29, 1.82) is 0 Å². The number of nitrogens with zero attached hydrogens (tertiary/aromatic N) is 1. The van der Waals surface area contributed by atoms with E-state index in [0.29, 0.717) is 17.2 Å². The molecule has 0 aliphatic heterocycles. The Morgan fingerprint density at radius 3 is 2.71 bits per heavy atom. The topological polar surface area (TPSA) is 38.4 Å². The molecule has 0 unspecified atom stereocenters. The Balaban J connectivity index is 2.19. The van der Waals surface area contributed by atoms with E-state index in [1.54, 1.807) is 12.1 Å². The summed E-state index contributed by atoms with van der Waals surface area (Å²) >= 11 is 12.9. The third-order valence-electron chi connectivity index (χ3n) is 2.68. The molecule has 0 aliphatic carbocycles. The predicted octanol–water partition coefficient (Wildman–Crippen LogP) is 5.00. The first-order valence-electron chi connectivity index (χ1n) is 6.15. The molecule has 0 aliphatic rings. The van der Waals surface area contributed by atoms with Gasteiger partial charge < -0.3 is 5.73 Å². The van der Waals surface area contributed by atoms with Crippen molar-refractivity contribution in [2.24, 2.45) is 10.7 Å². The number of aliphatic imine (C=N–C) groups is 1. The van der Waals surface area contributed by atoms with Crippen molar-refractivity contribution in [3.05, 3.63) is 58.9 Å². The van der Waals surface area contributed by atoms with Crippen LogP contribution in [-0.4, -0.2) is 11.7 Å². The normalized spacial score (nSPS) is 11.7. The van der Waals surface area contributed by atoms with Crippen LogP contribution in [0, 0.1) is 5.82 Å². The van der Waals surface area contributed by atoms with E-state index in [2.05, 4.69) is 4.99 Å². The molecule has 0 spiro atoms. The van der Waals surface area contributed by atoms with Crippen LogP contribution in [0.2, 0.25) is 5.02 Å². The molecule has 0 amide bonds. The lowest BCUT2D eigenvalue weighted by molar-refractivity contribution is 0.618. The quantitative estimate of drug-likeness (QED) is 0.359. The SMILES string of the molecule is NC(CCl)=Nc1ccccc1SCc1cccc(Cl)c1F. The molecule has 0 heterocycles. The fraction of sp³-hybridized carbons (Fsp3) is 0.133. The average Bonchev–Trinajstić information content (AvgIpc) is 2.50. The second-order valence-electron chi connectivity index (χ2n) is 4.21. The van der Waals surface area contributed by atoms with Gasteiger partial charge in [0.1, 0.15) is 11.7 Å². The lowest BCUT2D eigenvalue weighted by Gasteiger charge is -2.07. The molecule has 2 aromatic carbocycles. The molecule has 2 nitrogen and oxygen atoms in total. The molecule has 0 radical (unpaired) electrons. The van der Waals surface area contributed by atoms with E-state index < -0.39 is 0 Å². The summed E-state index contributed by atoms with van der Waals surface area (Å²) < 4.78 is 13.9. The Bertz CT molecular complexity index is 662. The Labute approximate surface area is 137 Å². The zero-order valence-corrected chi connectivity index (χ0v) is 13.4. The van der Waals surface area contributed by atoms with Crippen molar-refractivity contribution in [2.75, 3.05) is 5.88 Å². The Morgan fingerprint density at radius 2 is 1.95 bits per heavy atom. The third-order valence-corrected chi connectivity index (χ3v) is 4.36. The molecule has 6 heteroatoms. The second kappa shape index (κ2) is 7.69. The highest BCUT2D eigenvalue weighted by atomic mass is 35.5. The molecule has 0 fully saturated rings. The van der Waals surface area contributed by atoms with Crippen LogP contribution in [0.25, 0.3) is 0 Å². The van der Waals surface area contributed by atoms with Crippen molar-refractivity contribution >= 4 is 46.5 Å². The monoisotopic (exact) mass is 342 g/mol. The van der Waals surface area contributed by atoms with Gasteiger partial charge in [-0.15, -0.1) is 23.4 Å². The Hall–Kier alpha value is -1.23. The number of para-hydroxylation sites is 1. The number of halogens is 3. The van der Waals surface area contributed by atoms with Crippen molar-refractivity contribution in [2.45, 2.75) is 10.6 Å². The van der Waals surface area contributed by atoms with Crippen molar-refractivity contribution in [3.63, 3.8) is 0 Å². The molecule has 0 bridgehead atoms. The molecule has 21 heavy (non-hydrogen) atoms. The summed E-state index contributed by atoms with van der Waals surface area (Å²) in [6, 6.07) is 12.5. The maximum absolute atomic E-state index is 13.9. The lowest BCUT2D eigenvalue weighted by atomic mass is 10.2. The Morgan fingerprint density at radius 1 is 1.19 bits per heavy atom. The van der Waals surface area contributed by atoms with Crippen LogP contribution in [0.5, 0.6) is 0 Å². The highest BCUT2D eigenvalue weighted by Gasteiger charge is 2.08. The minimum absolute atomic E-state index is 0.130. The zero-order chi connectivity index (χ0) is 15.2. The summed E-state index contributed by atoms with van der Waals surface area (Å²) in [6.45, 7) is 0. The van der Waals surface area contributed by atoms with Gasteiger partial charge in [-0.3, -0.25) is 0 Å². The van der Waals surface area contributed by atoms with Gasteiger partial charge in [0.2, 0.25) is 0 Å². The number of amidine groups is 1. The smallest absolute Gasteiger partial charge is 0.145 e. The summed E-state index contributed by atoms with van der Waals surface area (Å²) in [5.41, 5.74) is 6.93. The molecule has 0 saturated heterocycles. The van der Waals surface area contributed by atoms with Gasteiger partial charge in [0.15, 0.2) is 0 Å². The van der Waals surface area contributed by atoms with E-state index in [9.17, 15) is 4.39 Å². The van der Waals surface area contributed by atoms with Crippen molar-refractivity contribution in [1.82, 2.24) is 0 Å². The Kier molecular flexibility index (Phi) is 5.91. The van der Waals surface area contributed by atoms with Crippen molar-refractivity contribution in [3.8, 4) is 0 Å². The van der Waals surface area contributed by atoms with Crippen LogP contribution in [0.3, 0.4) is 0 Å². The number of benzene rings is 2. The maximum Gasteiger partial charge on any atom is 0.145 e. The van der Waals surface area contributed by atoms with Gasteiger partial charge >= 0.3 is 0 Å². The van der Waals surface area contributed by atoms with Gasteiger partial charge in [0.25, 0.3) is 0 Å². The fourth-order valence-electron chi connectivity index (χ4n) is 1.67. The standard InChI is InChI=1S/C15H13Cl2FN2S/c16-8-14(19)20-12-6-1-2-7-13(12)21-9-10-4-3-5-11(17)15(10)18/h1-7H,8-9H2,(H2,19,20). The number of nitrogens with two attached hydrogens (primary N) is 1. The van der Waals surface area contributed by atoms with E-state index in [0.717, 1.165) is 10.6 Å². The summed E-state index contributed by atoms with van der Waals surface area (Å²) in [6.07, 6.45) is 0. The molecule has 0 saturated carbocycles. The maximum atomic E-state index is 13.9. The summed E-state index contributed by atoms with van der Waals surface area (Å²) in [5.74, 6) is 0.591. The minimum Gasteiger partial charge on any atom is -0.386 e. The first kappa shape index (κ1) is 16.1. The van der Waals surface area contributed by atoms with Crippen LogP contribution in [-0.2, 0) is 5.75 Å². The second-order valence-corrected chi connectivity index (χ2v) is 5.90. The van der Waals surface area contributed by atoms with Crippen molar-refractivity contribution < 1.29 is 4.39 Å². The van der Waals surface area contributed by atoms with E-state index in [-0.39, 0.29) is 16.7 Å². The summed E-state index contributed by atoms with van der Waals surface area (Å²) in [4.78, 5) is 5.16. The first-order chi connectivity index (χ1) is 10.1. The third kappa shape index (κ3) is 4.37. The molecule has 110 valence electrons. The molecule has 2 rings (SSSR count). The van der Waals surface area contributed by atoms with E-state index in [1.165, 1.54) is 17.8 Å². The highest BCUT2D eigenvalue weighted by molar-refractivity contribution is 7.98. The number of hydrogen-bond acceptors (Lipinski definition) is 2. The van der Waals surface area contributed by atoms with E-state index in [1.807, 2.05) is 24.3 Å². The number of thioether (sulfide) groups is 1. The van der Waals surface area contributed by atoms with Gasteiger partial charge in [-0.05, 0) is 23.8 Å². The first-order valence-corrected chi connectivity index (χ1v) is 8.05. The summed E-state index contributed by atoms with van der Waals surface area (Å²) in [7, 11) is 0. The van der Waals surface area contributed by atoms with Gasteiger partial charge in [-0.1, -0.05) is 35.9 Å². The average molecular weight is 343 g/mol. The van der Waals surface area contributed by atoms with Gasteiger partial charge in [0, 0.05) is 10.6 Å². The van der Waals surface area contributed by atoms with E-state index >= 15 is 0 Å². The molecular weight excluding hydrogens is 330 g/mol. The molecule has 0 atom stereocenters. The van der Waals surface area contributed by atoms with Crippen LogP contribution in [0.4, 0.5) is 10.1 Å². The highest BCUT2D eigenvalue weighted by Crippen LogP contribution is 2.33. The minimum atomic E-state index is -0.382. The molecular formula is C15H13Cl2FN2S. The zero-order valence-electron chi connectivity index (χ0n) is 11.0. The van der Waals surface area contributed by atoms with Gasteiger partial charge in [0.05, 0.1) is 16.6 Å². The lowest BCUT2D eigenvalue weighted by Crippen LogP contribution is -2.12. The number of alkyl halides is 1. The van der Waals surface area contributed by atoms with Crippen LogP contribution < -0.4 is 5.73 Å². The predicted molar refractivity (Wildman–Crippen MR) is 89.4 cm³/mol. The largest absolute Gasteiger partial charge is 0.386 e. The van der Waals surface area contributed by atoms with Crippen LogP contribution in [0.1, 0.15) is 5.56 Å². The summed E-state index contributed by atoms with van der Waals surface area (Å²) in [5, 5.41) is 0.130. The van der Waals surface area contributed by atoms with Crippen LogP contribution >= 0.6 is 35.0 Å². The van der Waals surface area contributed by atoms with E-state index in [4.69, 9.17) is 28.9 Å². The van der Waals surface area contributed by atoms with Gasteiger partial charge in [-0.2, -0.15) is 0 Å².